The summed E-state index contributed by atoms with van der Waals surface area (Å²) in [5.74, 6) is 9.87. The normalized spacial score (nSPS) is 6.71. The van der Waals surface area contributed by atoms with E-state index in [4.69, 9.17) is 10.5 Å². The van der Waals surface area contributed by atoms with Gasteiger partial charge in [0.05, 0.1) is 0 Å². The van der Waals surface area contributed by atoms with Crippen molar-refractivity contribution in [3.05, 3.63) is 35.4 Å². The molecule has 2 heteroatoms. The van der Waals surface area contributed by atoms with Crippen LogP contribution in [-0.2, 0) is 0 Å². The Balaban J connectivity index is 3.19. The second-order valence-electron chi connectivity index (χ2n) is 2.27. The zero-order valence-electron chi connectivity index (χ0n) is 7.20. The third-order valence-electron chi connectivity index (χ3n) is 1.43. The van der Waals surface area contributed by atoms with Crippen molar-refractivity contribution in [1.82, 2.24) is 0 Å². The van der Waals surface area contributed by atoms with E-state index in [1.54, 1.807) is 36.4 Å². The van der Waals surface area contributed by atoms with Crippen LogP contribution in [0.5, 0.6) is 0 Å². The number of hydrogen-bond acceptors (Lipinski definition) is 2. The fraction of sp³-hybridized carbons (Fsp3) is 0. The Bertz CT molecular complexity index is 483. The minimum absolute atomic E-state index is 0.664. The number of nitriles is 2. The first-order valence-corrected chi connectivity index (χ1v) is 3.77. The molecular weight excluding hydrogens is 172 g/mol. The highest BCUT2D eigenvalue weighted by molar-refractivity contribution is 5.52. The number of hydrogen-bond donors (Lipinski definition) is 0. The van der Waals surface area contributed by atoms with Gasteiger partial charge in [-0.05, 0) is 24.0 Å². The van der Waals surface area contributed by atoms with E-state index in [9.17, 15) is 0 Å². The van der Waals surface area contributed by atoms with Crippen molar-refractivity contribution < 1.29 is 0 Å². The molecule has 0 saturated carbocycles. The van der Waals surface area contributed by atoms with Crippen molar-refractivity contribution in [1.29, 1.82) is 10.5 Å². The van der Waals surface area contributed by atoms with Gasteiger partial charge in [0, 0.05) is 23.0 Å². The Morgan fingerprint density at radius 1 is 0.786 bits per heavy atom. The van der Waals surface area contributed by atoms with Crippen LogP contribution in [0.3, 0.4) is 0 Å². The van der Waals surface area contributed by atoms with E-state index in [1.807, 2.05) is 0 Å². The maximum absolute atomic E-state index is 8.28. The van der Waals surface area contributed by atoms with Gasteiger partial charge in [-0.2, -0.15) is 10.5 Å². The molecule has 0 heterocycles. The van der Waals surface area contributed by atoms with Crippen LogP contribution in [0.15, 0.2) is 24.3 Å². The molecule has 1 aromatic carbocycles. The van der Waals surface area contributed by atoms with E-state index < -0.39 is 0 Å². The number of benzene rings is 1. The fourth-order valence-electron chi connectivity index (χ4n) is 0.892. The third kappa shape index (κ3) is 2.42. The van der Waals surface area contributed by atoms with E-state index in [0.29, 0.717) is 11.1 Å². The summed E-state index contributed by atoms with van der Waals surface area (Å²) in [6, 6.07) is 10.6. The van der Waals surface area contributed by atoms with Crippen molar-refractivity contribution in [2.45, 2.75) is 0 Å². The van der Waals surface area contributed by atoms with Gasteiger partial charge in [-0.3, -0.25) is 0 Å². The zero-order chi connectivity index (χ0) is 10.2. The highest BCUT2D eigenvalue weighted by atomic mass is 14.2. The number of rotatable bonds is 0. The lowest BCUT2D eigenvalue weighted by Crippen LogP contribution is -1.81. The van der Waals surface area contributed by atoms with Gasteiger partial charge in [0.15, 0.2) is 12.1 Å². The highest BCUT2D eigenvalue weighted by Crippen LogP contribution is 2.04. The van der Waals surface area contributed by atoms with Crippen LogP contribution in [0.25, 0.3) is 0 Å². The van der Waals surface area contributed by atoms with Crippen molar-refractivity contribution in [2.75, 3.05) is 0 Å². The fourth-order valence-corrected chi connectivity index (χ4v) is 0.892. The molecule has 0 unspecified atom stereocenters. The molecule has 0 aromatic heterocycles. The molecule has 0 N–H and O–H groups in total. The van der Waals surface area contributed by atoms with Crippen LogP contribution >= 0.6 is 0 Å². The Kier molecular flexibility index (Phi) is 3.40. The van der Waals surface area contributed by atoms with Crippen molar-refractivity contribution >= 4 is 0 Å². The first kappa shape index (κ1) is 9.41. The molecule has 0 aliphatic rings. The lowest BCUT2D eigenvalue weighted by atomic mass is 10.1. The van der Waals surface area contributed by atoms with E-state index in [1.165, 1.54) is 0 Å². The molecule has 0 aliphatic heterocycles. The predicted octanol–water partition coefficient (Wildman–Crippen LogP) is 1.44. The van der Waals surface area contributed by atoms with Gasteiger partial charge in [-0.1, -0.05) is 12.1 Å². The Hall–Kier alpha value is -2.68. The lowest BCUT2D eigenvalue weighted by molar-refractivity contribution is 1.54. The maximum atomic E-state index is 8.28. The summed E-state index contributed by atoms with van der Waals surface area (Å²) >= 11 is 0. The molecule has 2 nitrogen and oxygen atoms in total. The van der Waals surface area contributed by atoms with Gasteiger partial charge in [-0.25, -0.2) is 0 Å². The van der Waals surface area contributed by atoms with Gasteiger partial charge < -0.3 is 0 Å². The number of nitrogens with zero attached hydrogens (tertiary/aromatic N) is 2. The van der Waals surface area contributed by atoms with E-state index in [-0.39, 0.29) is 0 Å². The Morgan fingerprint density at radius 2 is 1.21 bits per heavy atom. The first-order chi connectivity index (χ1) is 6.88. The van der Waals surface area contributed by atoms with Gasteiger partial charge >= 0.3 is 0 Å². The maximum Gasteiger partial charge on any atom is 0.152 e. The Labute approximate surface area is 82.4 Å². The quantitative estimate of drug-likeness (QED) is 0.561. The van der Waals surface area contributed by atoms with Crippen LogP contribution in [0, 0.1) is 46.3 Å². The average molecular weight is 176 g/mol. The summed E-state index contributed by atoms with van der Waals surface area (Å²) in [6.45, 7) is 0. The summed E-state index contributed by atoms with van der Waals surface area (Å²) in [4.78, 5) is 0. The smallest absolute Gasteiger partial charge is 0.152 e. The Morgan fingerprint density at radius 3 is 1.57 bits per heavy atom. The van der Waals surface area contributed by atoms with E-state index in [2.05, 4.69) is 23.7 Å². The third-order valence-corrected chi connectivity index (χ3v) is 1.43. The first-order valence-electron chi connectivity index (χ1n) is 3.77. The highest BCUT2D eigenvalue weighted by Gasteiger charge is 1.93. The van der Waals surface area contributed by atoms with Crippen LogP contribution in [0.1, 0.15) is 11.1 Å². The molecule has 0 radical (unpaired) electrons. The molecule has 0 fully saturated rings. The zero-order valence-corrected chi connectivity index (χ0v) is 7.20. The minimum atomic E-state index is 0.664. The molecule has 0 amide bonds. The summed E-state index contributed by atoms with van der Waals surface area (Å²) in [5.41, 5.74) is 1.33. The molecule has 0 bridgehead atoms. The largest absolute Gasteiger partial charge is 0.183 e. The molecule has 0 saturated heterocycles. The molecular formula is C12H4N2. The van der Waals surface area contributed by atoms with Gasteiger partial charge in [0.2, 0.25) is 0 Å². The van der Waals surface area contributed by atoms with Crippen LogP contribution in [-0.4, -0.2) is 0 Å². The van der Waals surface area contributed by atoms with Crippen molar-refractivity contribution in [3.8, 4) is 35.8 Å². The average Bonchev–Trinajstić information content (AvgIpc) is 2.24. The topological polar surface area (TPSA) is 47.6 Å². The molecule has 14 heavy (non-hydrogen) atoms. The van der Waals surface area contributed by atoms with Gasteiger partial charge in [0.1, 0.15) is 0 Å². The summed E-state index contributed by atoms with van der Waals surface area (Å²) in [6.07, 6.45) is 0. The van der Waals surface area contributed by atoms with Gasteiger partial charge in [-0.15, -0.1) is 0 Å². The van der Waals surface area contributed by atoms with Crippen molar-refractivity contribution in [3.63, 3.8) is 0 Å². The molecule has 0 spiro atoms. The van der Waals surface area contributed by atoms with Gasteiger partial charge in [0.25, 0.3) is 0 Å². The minimum Gasteiger partial charge on any atom is -0.183 e. The van der Waals surface area contributed by atoms with E-state index >= 15 is 0 Å². The molecule has 1 rings (SSSR count). The molecule has 62 valence electrons. The molecule has 0 atom stereocenters. The van der Waals surface area contributed by atoms with Crippen LogP contribution in [0.2, 0.25) is 0 Å². The second kappa shape index (κ2) is 5.05. The summed E-state index contributed by atoms with van der Waals surface area (Å²) in [5, 5.41) is 16.6. The second-order valence-corrected chi connectivity index (χ2v) is 2.27. The lowest BCUT2D eigenvalue weighted by Gasteiger charge is -1.92. The van der Waals surface area contributed by atoms with Crippen LogP contribution < -0.4 is 0 Å². The standard InChI is InChI=1S/C12H4N2/c13-9-3-7-11-5-1-2-6-12(11)8-4-10-14/h1-2,5-6H. The SMILES string of the molecule is N#CC#Cc1ccccc1C#CC#N. The monoisotopic (exact) mass is 176 g/mol. The summed E-state index contributed by atoms with van der Waals surface area (Å²) in [7, 11) is 0. The van der Waals surface area contributed by atoms with Crippen LogP contribution in [0.4, 0.5) is 0 Å². The molecule has 0 aliphatic carbocycles. The molecule has 1 aromatic rings. The van der Waals surface area contributed by atoms with Crippen molar-refractivity contribution in [2.24, 2.45) is 0 Å². The van der Waals surface area contributed by atoms with E-state index in [0.717, 1.165) is 0 Å². The summed E-state index contributed by atoms with van der Waals surface area (Å²) < 4.78 is 0. The predicted molar refractivity (Wildman–Crippen MR) is 51.4 cm³/mol.